The normalized spacial score (nSPS) is 33.5. The SMILES string of the molecule is CC1CCC(C)N1CCN1CCN(C(=O)CC2CCCN2)CC1. The van der Waals surface area contributed by atoms with Gasteiger partial charge in [-0.25, -0.2) is 0 Å². The van der Waals surface area contributed by atoms with Crippen molar-refractivity contribution < 1.29 is 4.79 Å². The molecule has 0 aromatic carbocycles. The van der Waals surface area contributed by atoms with Crippen molar-refractivity contribution in [2.45, 2.75) is 64.1 Å². The Morgan fingerprint density at radius 2 is 1.70 bits per heavy atom. The van der Waals surface area contributed by atoms with Crippen LogP contribution in [0.1, 0.15) is 46.0 Å². The van der Waals surface area contributed by atoms with Crippen LogP contribution < -0.4 is 5.32 Å². The predicted octanol–water partition coefficient (Wildman–Crippen LogP) is 1.15. The number of piperazine rings is 1. The summed E-state index contributed by atoms with van der Waals surface area (Å²) in [5.74, 6) is 0.353. The van der Waals surface area contributed by atoms with E-state index in [0.717, 1.165) is 57.8 Å². The van der Waals surface area contributed by atoms with Crippen LogP contribution in [0, 0.1) is 0 Å². The number of rotatable bonds is 5. The largest absolute Gasteiger partial charge is 0.340 e. The number of hydrogen-bond acceptors (Lipinski definition) is 4. The van der Waals surface area contributed by atoms with Crippen LogP contribution in [0.2, 0.25) is 0 Å². The third kappa shape index (κ3) is 4.46. The summed E-state index contributed by atoms with van der Waals surface area (Å²) in [5, 5.41) is 3.43. The van der Waals surface area contributed by atoms with E-state index in [1.807, 2.05) is 0 Å². The van der Waals surface area contributed by atoms with Gasteiger partial charge in [-0.15, -0.1) is 0 Å². The molecule has 3 rings (SSSR count). The Morgan fingerprint density at radius 3 is 2.30 bits per heavy atom. The van der Waals surface area contributed by atoms with Gasteiger partial charge in [-0.05, 0) is 46.1 Å². The van der Waals surface area contributed by atoms with Gasteiger partial charge in [0, 0.05) is 63.8 Å². The Balaban J connectivity index is 1.35. The van der Waals surface area contributed by atoms with E-state index in [1.165, 1.54) is 25.8 Å². The zero-order valence-corrected chi connectivity index (χ0v) is 15.0. The van der Waals surface area contributed by atoms with Crippen LogP contribution >= 0.6 is 0 Å². The van der Waals surface area contributed by atoms with Crippen molar-refractivity contribution in [2.75, 3.05) is 45.8 Å². The minimum absolute atomic E-state index is 0.353. The van der Waals surface area contributed by atoms with E-state index in [2.05, 4.69) is 33.9 Å². The molecule has 3 fully saturated rings. The number of carbonyl (C=O) groups excluding carboxylic acids is 1. The van der Waals surface area contributed by atoms with Crippen molar-refractivity contribution in [3.63, 3.8) is 0 Å². The second kappa shape index (κ2) is 7.95. The van der Waals surface area contributed by atoms with Crippen LogP contribution in [0.15, 0.2) is 0 Å². The molecule has 0 spiro atoms. The second-order valence-electron chi connectivity index (χ2n) is 7.73. The van der Waals surface area contributed by atoms with Crippen LogP contribution in [0.25, 0.3) is 0 Å². The van der Waals surface area contributed by atoms with Gasteiger partial charge in [0.05, 0.1) is 0 Å². The lowest BCUT2D eigenvalue weighted by Crippen LogP contribution is -2.51. The van der Waals surface area contributed by atoms with E-state index in [-0.39, 0.29) is 0 Å². The Bertz CT molecular complexity index is 378. The van der Waals surface area contributed by atoms with E-state index in [9.17, 15) is 4.79 Å². The van der Waals surface area contributed by atoms with Crippen molar-refractivity contribution in [3.05, 3.63) is 0 Å². The van der Waals surface area contributed by atoms with Crippen LogP contribution in [-0.2, 0) is 4.79 Å². The summed E-state index contributed by atoms with van der Waals surface area (Å²) in [5.41, 5.74) is 0. The quantitative estimate of drug-likeness (QED) is 0.824. The molecule has 5 nitrogen and oxygen atoms in total. The van der Waals surface area contributed by atoms with Crippen molar-refractivity contribution in [3.8, 4) is 0 Å². The highest BCUT2D eigenvalue weighted by atomic mass is 16.2. The summed E-state index contributed by atoms with van der Waals surface area (Å²) in [4.78, 5) is 19.6. The molecule has 3 unspecified atom stereocenters. The summed E-state index contributed by atoms with van der Waals surface area (Å²) in [6, 6.07) is 1.91. The molecular weight excluding hydrogens is 288 g/mol. The van der Waals surface area contributed by atoms with E-state index in [1.54, 1.807) is 0 Å². The van der Waals surface area contributed by atoms with Crippen molar-refractivity contribution >= 4 is 5.91 Å². The standard InChI is InChI=1S/C18H34N4O/c1-15-5-6-16(2)22(15)13-10-20-8-11-21(12-9-20)18(23)14-17-4-3-7-19-17/h15-17,19H,3-14H2,1-2H3. The van der Waals surface area contributed by atoms with Gasteiger partial charge in [0.15, 0.2) is 0 Å². The van der Waals surface area contributed by atoms with Gasteiger partial charge in [0.2, 0.25) is 5.91 Å². The van der Waals surface area contributed by atoms with Crippen LogP contribution in [-0.4, -0.2) is 84.5 Å². The summed E-state index contributed by atoms with van der Waals surface area (Å²) in [6.45, 7) is 12.0. The first kappa shape index (κ1) is 17.2. The first-order valence-corrected chi connectivity index (χ1v) is 9.62. The average molecular weight is 322 g/mol. The van der Waals surface area contributed by atoms with Crippen LogP contribution in [0.5, 0.6) is 0 Å². The number of amides is 1. The lowest BCUT2D eigenvalue weighted by molar-refractivity contribution is -0.133. The number of carbonyl (C=O) groups is 1. The predicted molar refractivity (Wildman–Crippen MR) is 93.5 cm³/mol. The third-order valence-electron chi connectivity index (χ3n) is 6.12. The highest BCUT2D eigenvalue weighted by Crippen LogP contribution is 2.23. The lowest BCUT2D eigenvalue weighted by atomic mass is 10.1. The topological polar surface area (TPSA) is 38.8 Å². The average Bonchev–Trinajstić information content (AvgIpc) is 3.17. The molecule has 3 atom stereocenters. The summed E-state index contributed by atoms with van der Waals surface area (Å²) in [7, 11) is 0. The van der Waals surface area contributed by atoms with Crippen molar-refractivity contribution in [1.82, 2.24) is 20.0 Å². The molecule has 0 aliphatic carbocycles. The van der Waals surface area contributed by atoms with Gasteiger partial charge in [-0.3, -0.25) is 14.6 Å². The number of nitrogens with one attached hydrogen (secondary N) is 1. The molecule has 0 aromatic rings. The fourth-order valence-corrected chi connectivity index (χ4v) is 4.44. The van der Waals surface area contributed by atoms with Gasteiger partial charge < -0.3 is 10.2 Å². The zero-order valence-electron chi connectivity index (χ0n) is 15.0. The summed E-state index contributed by atoms with van der Waals surface area (Å²) >= 11 is 0. The second-order valence-corrected chi connectivity index (χ2v) is 7.73. The van der Waals surface area contributed by atoms with Gasteiger partial charge >= 0.3 is 0 Å². The molecule has 0 aromatic heterocycles. The first-order chi connectivity index (χ1) is 11.1. The molecule has 3 heterocycles. The molecule has 23 heavy (non-hydrogen) atoms. The van der Waals surface area contributed by atoms with E-state index in [4.69, 9.17) is 0 Å². The van der Waals surface area contributed by atoms with E-state index >= 15 is 0 Å². The summed E-state index contributed by atoms with van der Waals surface area (Å²) < 4.78 is 0. The molecule has 0 bridgehead atoms. The molecule has 3 aliphatic rings. The van der Waals surface area contributed by atoms with Gasteiger partial charge in [0.25, 0.3) is 0 Å². The minimum atomic E-state index is 0.353. The maximum Gasteiger partial charge on any atom is 0.224 e. The van der Waals surface area contributed by atoms with Crippen LogP contribution in [0.3, 0.4) is 0 Å². The highest BCUT2D eigenvalue weighted by molar-refractivity contribution is 5.77. The Morgan fingerprint density at radius 1 is 1.00 bits per heavy atom. The van der Waals surface area contributed by atoms with Crippen molar-refractivity contribution in [1.29, 1.82) is 0 Å². The van der Waals surface area contributed by atoms with Gasteiger partial charge in [-0.2, -0.15) is 0 Å². The van der Waals surface area contributed by atoms with Crippen molar-refractivity contribution in [2.24, 2.45) is 0 Å². The highest BCUT2D eigenvalue weighted by Gasteiger charge is 2.28. The molecule has 5 heteroatoms. The van der Waals surface area contributed by atoms with E-state index in [0.29, 0.717) is 18.4 Å². The molecule has 132 valence electrons. The fourth-order valence-electron chi connectivity index (χ4n) is 4.44. The Hall–Kier alpha value is -0.650. The number of hydrogen-bond donors (Lipinski definition) is 1. The Kier molecular flexibility index (Phi) is 5.94. The first-order valence-electron chi connectivity index (χ1n) is 9.62. The van der Waals surface area contributed by atoms with Gasteiger partial charge in [0.1, 0.15) is 0 Å². The lowest BCUT2D eigenvalue weighted by Gasteiger charge is -2.37. The monoisotopic (exact) mass is 322 g/mol. The smallest absolute Gasteiger partial charge is 0.224 e. The number of nitrogens with zero attached hydrogens (tertiary/aromatic N) is 3. The van der Waals surface area contributed by atoms with Crippen LogP contribution in [0.4, 0.5) is 0 Å². The molecule has 0 saturated carbocycles. The molecule has 0 radical (unpaired) electrons. The maximum atomic E-state index is 12.4. The molecule has 1 amide bonds. The Labute approximate surface area is 141 Å². The molecular formula is C18H34N4O. The third-order valence-corrected chi connectivity index (χ3v) is 6.12. The van der Waals surface area contributed by atoms with E-state index < -0.39 is 0 Å². The molecule has 3 aliphatic heterocycles. The number of likely N-dealkylation sites (tertiary alicyclic amines) is 1. The zero-order chi connectivity index (χ0) is 16.2. The van der Waals surface area contributed by atoms with Gasteiger partial charge in [-0.1, -0.05) is 0 Å². The maximum absolute atomic E-state index is 12.4. The fraction of sp³-hybridized carbons (Fsp3) is 0.944. The molecule has 3 saturated heterocycles. The molecule has 1 N–H and O–H groups in total. The minimum Gasteiger partial charge on any atom is -0.340 e. The summed E-state index contributed by atoms with van der Waals surface area (Å²) in [6.07, 6.45) is 5.77.